The topological polar surface area (TPSA) is 102 Å². The molecule has 1 saturated heterocycles. The average Bonchev–Trinajstić information content (AvgIpc) is 2.88. The highest BCUT2D eigenvalue weighted by Crippen LogP contribution is 2.24. The van der Waals surface area contributed by atoms with Gasteiger partial charge >= 0.3 is 5.97 Å². The molecule has 1 atom stereocenters. The van der Waals surface area contributed by atoms with Crippen molar-refractivity contribution in [3.63, 3.8) is 0 Å². The number of morpholine rings is 1. The van der Waals surface area contributed by atoms with E-state index in [1.54, 1.807) is 30.3 Å². The molecule has 1 aliphatic rings. The van der Waals surface area contributed by atoms with Crippen molar-refractivity contribution < 1.29 is 31.9 Å². The highest BCUT2D eigenvalue weighted by molar-refractivity contribution is 7.89. The van der Waals surface area contributed by atoms with Crippen molar-refractivity contribution in [2.75, 3.05) is 31.6 Å². The first-order valence-corrected chi connectivity index (χ1v) is 12.3. The zero-order chi connectivity index (χ0) is 24.8. The fraction of sp³-hybridized carbons (Fsp3) is 0.200. The number of nitrogens with zero attached hydrogens (tertiary/aromatic N) is 1. The minimum Gasteiger partial charge on any atom is -0.444 e. The Morgan fingerprint density at radius 3 is 2.37 bits per heavy atom. The summed E-state index contributed by atoms with van der Waals surface area (Å²) in [6.07, 6.45) is -1.36. The molecule has 0 bridgehead atoms. The summed E-state index contributed by atoms with van der Waals surface area (Å²) >= 11 is 0. The standard InChI is InChI=1S/C25H23FN2O6S/c26-20-9-4-8-19(16-20)25(30)34-23(18-6-2-1-3-7-18)24(29)27-21-10-5-11-22(17-21)35(31,32)28-12-14-33-15-13-28/h1-11,16-17,23H,12-15H2,(H,27,29). The number of sulfonamides is 1. The molecule has 1 fully saturated rings. The lowest BCUT2D eigenvalue weighted by Crippen LogP contribution is -2.40. The molecule has 1 N–H and O–H groups in total. The number of nitrogens with one attached hydrogen (secondary N) is 1. The number of benzene rings is 3. The van der Waals surface area contributed by atoms with Crippen molar-refractivity contribution >= 4 is 27.6 Å². The summed E-state index contributed by atoms with van der Waals surface area (Å²) < 4.78 is 51.5. The third-order valence-electron chi connectivity index (χ3n) is 5.34. The van der Waals surface area contributed by atoms with Crippen LogP contribution in [-0.2, 0) is 24.3 Å². The molecule has 3 aromatic carbocycles. The van der Waals surface area contributed by atoms with Crippen molar-refractivity contribution in [1.82, 2.24) is 4.31 Å². The molecule has 3 aromatic rings. The van der Waals surface area contributed by atoms with E-state index in [4.69, 9.17) is 9.47 Å². The quantitative estimate of drug-likeness (QED) is 0.501. The predicted octanol–water partition coefficient (Wildman–Crippen LogP) is 3.38. The lowest BCUT2D eigenvalue weighted by atomic mass is 10.1. The maximum Gasteiger partial charge on any atom is 0.339 e. The number of hydrogen-bond donors (Lipinski definition) is 1. The Morgan fingerprint density at radius 2 is 1.66 bits per heavy atom. The Kier molecular flexibility index (Phi) is 7.54. The fourth-order valence-corrected chi connectivity index (χ4v) is 5.02. The minimum absolute atomic E-state index is 0.0187. The number of carbonyl (C=O) groups excluding carboxylic acids is 2. The summed E-state index contributed by atoms with van der Waals surface area (Å²) in [6, 6.07) is 19.1. The lowest BCUT2D eigenvalue weighted by Gasteiger charge is -2.26. The Labute approximate surface area is 202 Å². The van der Waals surface area contributed by atoms with Gasteiger partial charge in [-0.15, -0.1) is 0 Å². The fourth-order valence-electron chi connectivity index (χ4n) is 3.57. The van der Waals surface area contributed by atoms with Gasteiger partial charge in [-0.3, -0.25) is 4.79 Å². The van der Waals surface area contributed by atoms with E-state index >= 15 is 0 Å². The van der Waals surface area contributed by atoms with Gasteiger partial charge in [0.25, 0.3) is 5.91 Å². The minimum atomic E-state index is -3.77. The third kappa shape index (κ3) is 5.91. The van der Waals surface area contributed by atoms with Crippen LogP contribution in [0.2, 0.25) is 0 Å². The number of hydrogen-bond acceptors (Lipinski definition) is 6. The van der Waals surface area contributed by atoms with Crippen molar-refractivity contribution in [2.45, 2.75) is 11.0 Å². The van der Waals surface area contributed by atoms with Gasteiger partial charge in [0.05, 0.1) is 23.7 Å². The molecule has 0 aliphatic carbocycles. The molecule has 10 heteroatoms. The van der Waals surface area contributed by atoms with E-state index in [0.29, 0.717) is 18.8 Å². The van der Waals surface area contributed by atoms with Crippen LogP contribution < -0.4 is 5.32 Å². The van der Waals surface area contributed by atoms with Crippen LogP contribution in [0.4, 0.5) is 10.1 Å². The second-order valence-electron chi connectivity index (χ2n) is 7.74. The smallest absolute Gasteiger partial charge is 0.339 e. The van der Waals surface area contributed by atoms with Crippen LogP contribution in [0.25, 0.3) is 0 Å². The van der Waals surface area contributed by atoms with Crippen LogP contribution in [-0.4, -0.2) is 50.9 Å². The van der Waals surface area contributed by atoms with E-state index in [1.165, 1.54) is 46.8 Å². The second-order valence-corrected chi connectivity index (χ2v) is 9.68. The second kappa shape index (κ2) is 10.8. The zero-order valence-corrected chi connectivity index (χ0v) is 19.4. The largest absolute Gasteiger partial charge is 0.444 e. The SMILES string of the molecule is O=C(OC(C(=O)Nc1cccc(S(=O)(=O)N2CCOCC2)c1)c1ccccc1)c1cccc(F)c1. The molecule has 35 heavy (non-hydrogen) atoms. The summed E-state index contributed by atoms with van der Waals surface area (Å²) in [5.74, 6) is -2.18. The van der Waals surface area contributed by atoms with Gasteiger partial charge in [0.1, 0.15) is 5.82 Å². The number of rotatable bonds is 7. The number of ether oxygens (including phenoxy) is 2. The summed E-state index contributed by atoms with van der Waals surface area (Å²) in [6.45, 7) is 1.10. The average molecular weight is 499 g/mol. The van der Waals surface area contributed by atoms with Crippen molar-refractivity contribution in [2.24, 2.45) is 0 Å². The van der Waals surface area contributed by atoms with Crippen LogP contribution in [0.1, 0.15) is 22.0 Å². The number of anilines is 1. The molecular formula is C25H23FN2O6S. The van der Waals surface area contributed by atoms with Gasteiger partial charge < -0.3 is 14.8 Å². The Morgan fingerprint density at radius 1 is 0.943 bits per heavy atom. The van der Waals surface area contributed by atoms with Gasteiger partial charge in [-0.2, -0.15) is 4.31 Å². The van der Waals surface area contributed by atoms with E-state index in [-0.39, 0.29) is 29.2 Å². The molecule has 0 spiro atoms. The van der Waals surface area contributed by atoms with E-state index in [0.717, 1.165) is 6.07 Å². The summed E-state index contributed by atoms with van der Waals surface area (Å²) in [7, 11) is -3.77. The Bertz CT molecular complexity index is 1310. The molecule has 1 unspecified atom stereocenters. The Hall–Kier alpha value is -3.60. The van der Waals surface area contributed by atoms with E-state index in [9.17, 15) is 22.4 Å². The third-order valence-corrected chi connectivity index (χ3v) is 7.23. The van der Waals surface area contributed by atoms with Crippen LogP contribution in [0.15, 0.2) is 83.8 Å². The predicted molar refractivity (Wildman–Crippen MR) is 126 cm³/mol. The molecule has 0 aromatic heterocycles. The van der Waals surface area contributed by atoms with Gasteiger partial charge in [0.2, 0.25) is 16.1 Å². The van der Waals surface area contributed by atoms with E-state index in [1.807, 2.05) is 0 Å². The van der Waals surface area contributed by atoms with Gasteiger partial charge in [-0.05, 0) is 36.4 Å². The number of halogens is 1. The molecule has 1 heterocycles. The lowest BCUT2D eigenvalue weighted by molar-refractivity contribution is -0.125. The highest BCUT2D eigenvalue weighted by Gasteiger charge is 2.28. The summed E-state index contributed by atoms with van der Waals surface area (Å²) in [4.78, 5) is 25.8. The normalized spacial score (nSPS) is 15.2. The molecular weight excluding hydrogens is 475 g/mol. The summed E-state index contributed by atoms with van der Waals surface area (Å²) in [5, 5.41) is 2.63. The number of esters is 1. The van der Waals surface area contributed by atoms with Crippen LogP contribution >= 0.6 is 0 Å². The maximum atomic E-state index is 13.6. The highest BCUT2D eigenvalue weighted by atomic mass is 32.2. The van der Waals surface area contributed by atoms with Gasteiger partial charge in [-0.25, -0.2) is 17.6 Å². The molecule has 182 valence electrons. The maximum absolute atomic E-state index is 13.6. The number of amides is 1. The zero-order valence-electron chi connectivity index (χ0n) is 18.6. The monoisotopic (exact) mass is 498 g/mol. The first-order chi connectivity index (χ1) is 16.8. The number of carbonyl (C=O) groups is 2. The van der Waals surface area contributed by atoms with Gasteiger partial charge in [0, 0.05) is 24.3 Å². The Balaban J connectivity index is 1.56. The molecule has 4 rings (SSSR count). The first kappa shape index (κ1) is 24.5. The molecule has 0 radical (unpaired) electrons. The van der Waals surface area contributed by atoms with Crippen molar-refractivity contribution in [3.05, 3.63) is 95.8 Å². The van der Waals surface area contributed by atoms with Gasteiger partial charge in [0.15, 0.2) is 0 Å². The molecule has 8 nitrogen and oxygen atoms in total. The molecule has 1 amide bonds. The summed E-state index contributed by atoms with van der Waals surface area (Å²) in [5.41, 5.74) is 0.566. The van der Waals surface area contributed by atoms with Crippen molar-refractivity contribution in [3.8, 4) is 0 Å². The van der Waals surface area contributed by atoms with Crippen LogP contribution in [0.5, 0.6) is 0 Å². The molecule has 0 saturated carbocycles. The van der Waals surface area contributed by atoms with E-state index < -0.39 is 33.8 Å². The van der Waals surface area contributed by atoms with E-state index in [2.05, 4.69) is 5.32 Å². The van der Waals surface area contributed by atoms with Crippen molar-refractivity contribution in [1.29, 1.82) is 0 Å². The van der Waals surface area contributed by atoms with Crippen LogP contribution in [0, 0.1) is 5.82 Å². The van der Waals surface area contributed by atoms with Gasteiger partial charge in [-0.1, -0.05) is 42.5 Å². The molecule has 1 aliphatic heterocycles. The van der Waals surface area contributed by atoms with Crippen LogP contribution in [0.3, 0.4) is 0 Å². The first-order valence-electron chi connectivity index (χ1n) is 10.8.